The number of carbonyl (C=O) groups is 1. The lowest BCUT2D eigenvalue weighted by atomic mass is 10.1. The van der Waals surface area contributed by atoms with Crippen LogP contribution in [0.1, 0.15) is 24.8 Å². The van der Waals surface area contributed by atoms with Crippen LogP contribution in [-0.2, 0) is 25.1 Å². The number of nitrogens with two attached hydrogens (primary N) is 1. The fourth-order valence-electron chi connectivity index (χ4n) is 2.38. The van der Waals surface area contributed by atoms with Gasteiger partial charge in [-0.3, -0.25) is 4.79 Å². The monoisotopic (exact) mass is 297 g/mol. The van der Waals surface area contributed by atoms with Crippen molar-refractivity contribution in [2.45, 2.75) is 25.0 Å². The molecule has 0 unspecified atom stereocenters. The van der Waals surface area contributed by atoms with Gasteiger partial charge in [-0.25, -0.2) is 8.42 Å². The van der Waals surface area contributed by atoms with Crippen LogP contribution in [0.15, 0.2) is 24.3 Å². The molecule has 0 heterocycles. The van der Waals surface area contributed by atoms with E-state index in [0.717, 1.165) is 12.8 Å². The van der Waals surface area contributed by atoms with Gasteiger partial charge in [0.15, 0.2) is 9.84 Å². The number of nitrogen functional groups attached to an aromatic ring is 1. The van der Waals surface area contributed by atoms with E-state index in [-0.39, 0.29) is 23.9 Å². The number of rotatable bonds is 6. The van der Waals surface area contributed by atoms with Crippen molar-refractivity contribution in [2.24, 2.45) is 5.41 Å². The summed E-state index contributed by atoms with van der Waals surface area (Å²) in [5, 5.41) is 0. The molecule has 1 aliphatic rings. The van der Waals surface area contributed by atoms with E-state index in [1.54, 1.807) is 24.3 Å². The molecule has 0 aromatic heterocycles. The van der Waals surface area contributed by atoms with Crippen LogP contribution in [-0.4, -0.2) is 27.2 Å². The summed E-state index contributed by atoms with van der Waals surface area (Å²) in [5.74, 6) is -0.355. The summed E-state index contributed by atoms with van der Waals surface area (Å²) in [6.45, 7) is 0. The Morgan fingerprint density at radius 1 is 1.40 bits per heavy atom. The van der Waals surface area contributed by atoms with Gasteiger partial charge in [0, 0.05) is 5.69 Å². The number of esters is 1. The molecule has 2 N–H and O–H groups in total. The number of anilines is 1. The summed E-state index contributed by atoms with van der Waals surface area (Å²) in [4.78, 5) is 11.3. The topological polar surface area (TPSA) is 86.5 Å². The van der Waals surface area contributed by atoms with Crippen molar-refractivity contribution in [3.63, 3.8) is 0 Å². The van der Waals surface area contributed by atoms with E-state index in [1.165, 1.54) is 7.11 Å². The molecule has 0 aliphatic heterocycles. The van der Waals surface area contributed by atoms with Crippen LogP contribution in [0, 0.1) is 5.41 Å². The molecule has 1 aromatic carbocycles. The number of benzene rings is 1. The van der Waals surface area contributed by atoms with Crippen molar-refractivity contribution in [1.82, 2.24) is 0 Å². The maximum absolute atomic E-state index is 12.2. The van der Waals surface area contributed by atoms with E-state index in [2.05, 4.69) is 4.74 Å². The molecule has 6 heteroatoms. The largest absolute Gasteiger partial charge is 0.469 e. The smallest absolute Gasteiger partial charge is 0.306 e. The molecule has 0 saturated heterocycles. The summed E-state index contributed by atoms with van der Waals surface area (Å²) in [6, 6.07) is 6.86. The zero-order chi connectivity index (χ0) is 14.8. The van der Waals surface area contributed by atoms with Gasteiger partial charge in [0.1, 0.15) is 0 Å². The maximum atomic E-state index is 12.2. The zero-order valence-electron chi connectivity index (χ0n) is 11.5. The van der Waals surface area contributed by atoms with Crippen LogP contribution < -0.4 is 5.73 Å². The number of hydrogen-bond donors (Lipinski definition) is 1. The van der Waals surface area contributed by atoms with Crippen molar-refractivity contribution in [2.75, 3.05) is 18.6 Å². The van der Waals surface area contributed by atoms with Crippen molar-refractivity contribution in [1.29, 1.82) is 0 Å². The predicted molar refractivity (Wildman–Crippen MR) is 76.6 cm³/mol. The van der Waals surface area contributed by atoms with E-state index in [4.69, 9.17) is 5.73 Å². The van der Waals surface area contributed by atoms with E-state index < -0.39 is 15.3 Å². The maximum Gasteiger partial charge on any atom is 0.306 e. The first kappa shape index (κ1) is 14.8. The van der Waals surface area contributed by atoms with Gasteiger partial charge >= 0.3 is 5.97 Å². The van der Waals surface area contributed by atoms with E-state index in [9.17, 15) is 13.2 Å². The molecule has 1 aliphatic carbocycles. The van der Waals surface area contributed by atoms with Crippen LogP contribution >= 0.6 is 0 Å². The highest BCUT2D eigenvalue weighted by Crippen LogP contribution is 2.50. The van der Waals surface area contributed by atoms with Gasteiger partial charge in [0.05, 0.1) is 25.0 Å². The average Bonchev–Trinajstić information content (AvgIpc) is 3.06. The van der Waals surface area contributed by atoms with Gasteiger partial charge in [-0.2, -0.15) is 0 Å². The highest BCUT2D eigenvalue weighted by Gasteiger charge is 2.47. The van der Waals surface area contributed by atoms with Crippen molar-refractivity contribution in [3.05, 3.63) is 29.8 Å². The Morgan fingerprint density at radius 3 is 2.65 bits per heavy atom. The molecule has 110 valence electrons. The van der Waals surface area contributed by atoms with Crippen LogP contribution in [0.2, 0.25) is 0 Å². The highest BCUT2D eigenvalue weighted by molar-refractivity contribution is 7.90. The number of carbonyl (C=O) groups excluding carboxylic acids is 1. The Labute approximate surface area is 119 Å². The molecule has 0 radical (unpaired) electrons. The molecule has 1 fully saturated rings. The zero-order valence-corrected chi connectivity index (χ0v) is 12.3. The molecule has 1 saturated carbocycles. The second-order valence-corrected chi connectivity index (χ2v) is 7.59. The minimum absolute atomic E-state index is 0.0316. The van der Waals surface area contributed by atoms with E-state index >= 15 is 0 Å². The van der Waals surface area contributed by atoms with Crippen molar-refractivity contribution < 1.29 is 17.9 Å². The summed E-state index contributed by atoms with van der Waals surface area (Å²) < 4.78 is 29.1. The molecule has 2 rings (SSSR count). The molecule has 0 amide bonds. The first-order valence-corrected chi connectivity index (χ1v) is 8.28. The Morgan fingerprint density at radius 2 is 2.10 bits per heavy atom. The molecular weight excluding hydrogens is 278 g/mol. The normalized spacial score (nSPS) is 16.6. The number of hydrogen-bond acceptors (Lipinski definition) is 5. The summed E-state index contributed by atoms with van der Waals surface area (Å²) >= 11 is 0. The average molecular weight is 297 g/mol. The molecular formula is C14H19NO4S. The Hall–Kier alpha value is -1.56. The van der Waals surface area contributed by atoms with E-state index in [1.807, 2.05) is 0 Å². The van der Waals surface area contributed by atoms with Crippen LogP contribution in [0.25, 0.3) is 0 Å². The minimum Gasteiger partial charge on any atom is -0.469 e. The Bertz CT molecular complexity index is 605. The predicted octanol–water partition coefficient (Wildman–Crippen LogP) is 1.53. The summed E-state index contributed by atoms with van der Waals surface area (Å²) in [7, 11) is -1.94. The standard InChI is InChI=1S/C14H19NO4S/c1-19-13(16)8-14(5-6-14)10-20(17,18)9-11-3-2-4-12(15)7-11/h2-4,7H,5-6,8-10,15H2,1H3. The fraction of sp³-hybridized carbons (Fsp3) is 0.500. The van der Waals surface area contributed by atoms with E-state index in [0.29, 0.717) is 11.3 Å². The highest BCUT2D eigenvalue weighted by atomic mass is 32.2. The Kier molecular flexibility index (Phi) is 4.04. The first-order chi connectivity index (χ1) is 9.34. The van der Waals surface area contributed by atoms with Crippen molar-refractivity contribution >= 4 is 21.5 Å². The second-order valence-electron chi connectivity index (χ2n) is 5.53. The number of sulfone groups is 1. The van der Waals surface area contributed by atoms with Gasteiger partial charge < -0.3 is 10.5 Å². The first-order valence-electron chi connectivity index (χ1n) is 6.46. The molecule has 0 atom stereocenters. The third-order valence-electron chi connectivity index (χ3n) is 3.57. The third-order valence-corrected chi connectivity index (χ3v) is 5.39. The minimum atomic E-state index is -3.26. The fourth-order valence-corrected chi connectivity index (χ4v) is 4.49. The molecule has 0 spiro atoms. The quantitative estimate of drug-likeness (QED) is 0.635. The SMILES string of the molecule is COC(=O)CC1(CS(=O)(=O)Cc2cccc(N)c2)CC1. The van der Waals surface area contributed by atoms with Crippen LogP contribution in [0.4, 0.5) is 5.69 Å². The molecule has 1 aromatic rings. The van der Waals surface area contributed by atoms with Gasteiger partial charge in [0.2, 0.25) is 0 Å². The third kappa shape index (κ3) is 3.96. The van der Waals surface area contributed by atoms with Gasteiger partial charge in [-0.1, -0.05) is 12.1 Å². The molecule has 20 heavy (non-hydrogen) atoms. The summed E-state index contributed by atoms with van der Waals surface area (Å²) in [6.07, 6.45) is 1.70. The Balaban J connectivity index is 2.03. The van der Waals surface area contributed by atoms with Gasteiger partial charge in [-0.15, -0.1) is 0 Å². The summed E-state index contributed by atoms with van der Waals surface area (Å²) in [5.41, 5.74) is 6.46. The lowest BCUT2D eigenvalue weighted by molar-refractivity contribution is -0.141. The number of ether oxygens (including phenoxy) is 1. The second kappa shape index (κ2) is 5.44. The van der Waals surface area contributed by atoms with Gasteiger partial charge in [0.25, 0.3) is 0 Å². The van der Waals surface area contributed by atoms with Crippen molar-refractivity contribution in [3.8, 4) is 0 Å². The molecule has 0 bridgehead atoms. The lowest BCUT2D eigenvalue weighted by Crippen LogP contribution is -2.22. The molecule has 5 nitrogen and oxygen atoms in total. The lowest BCUT2D eigenvalue weighted by Gasteiger charge is -2.14. The van der Waals surface area contributed by atoms with Crippen LogP contribution in [0.3, 0.4) is 0 Å². The number of methoxy groups -OCH3 is 1. The van der Waals surface area contributed by atoms with Gasteiger partial charge in [-0.05, 0) is 36.0 Å². The van der Waals surface area contributed by atoms with Crippen LogP contribution in [0.5, 0.6) is 0 Å².